The summed E-state index contributed by atoms with van der Waals surface area (Å²) in [5, 5.41) is 58.2. The molecule has 655 valence electrons. The number of hydrogen-bond acceptors (Lipinski definition) is 13. The van der Waals surface area contributed by atoms with Crippen LogP contribution in [0, 0.1) is 0 Å². The van der Waals surface area contributed by atoms with Gasteiger partial charge < -0.3 is 66.7 Å². The standard InChI is InChI=1S/C27H18BN4O2.2C24H17BNO2.C22H15BNO2.C18H13BNO2/c33-28-34-20-15-16-24-22(17-20)21-13-7-8-14-23(21)32(24)27-30-25(18-9-3-1-4-10-18)29-26(31-27)19-11-5-2-6-12-19;27-25-28-20-13-14-24-22(16-20)21-11-4-5-12-23(21)26(24)19-10-6-9-18(15-19)17-7-2-1-3-8-17;27-25-28-20-14-15-24-22(16-20)21-8-4-5-9-23(21)26(24)19-12-10-18(11-13-19)17-6-2-1-3-7-17;25-23-26-18-11-12-22-20(14-18)19-7-3-4-8-21(19)24(22)17-10-9-15-5-1-2-6-16(15)13-17;21-19-22-14-10-11-18-16(12-14)15-8-4-5-9-17(15)20(18)13-6-2-1-3-7-13/h1-17,33H;2*1-16,27H;1-14,25H;1-12,21H. The van der Waals surface area contributed by atoms with Gasteiger partial charge in [0.15, 0.2) is 11.6 Å². The van der Waals surface area contributed by atoms with Crippen LogP contribution in [0.2, 0.25) is 0 Å². The molecule has 0 saturated heterocycles. The lowest BCUT2D eigenvalue weighted by Gasteiger charge is -2.11. The maximum atomic E-state index is 9.09. The molecule has 19 aromatic carbocycles. The van der Waals surface area contributed by atoms with Gasteiger partial charge in [-0.05, 0) is 203 Å². The van der Waals surface area contributed by atoms with Crippen LogP contribution < -0.4 is 23.3 Å². The molecule has 5 radical (unpaired) electrons. The van der Waals surface area contributed by atoms with Crippen molar-refractivity contribution in [2.24, 2.45) is 0 Å². The van der Waals surface area contributed by atoms with Gasteiger partial charge in [-0.25, -0.2) is 4.98 Å². The van der Waals surface area contributed by atoms with Gasteiger partial charge in [-0.15, -0.1) is 0 Å². The lowest BCUT2D eigenvalue weighted by atomic mass is 10.1. The second-order valence-electron chi connectivity index (χ2n) is 32.5. The van der Waals surface area contributed by atoms with Gasteiger partial charge in [0.05, 0.1) is 55.2 Å². The van der Waals surface area contributed by atoms with Crippen molar-refractivity contribution in [1.82, 2.24) is 37.8 Å². The van der Waals surface area contributed by atoms with Gasteiger partial charge in [0.25, 0.3) is 0 Å². The molecule has 23 heteroatoms. The molecule has 0 spiro atoms. The Morgan fingerprint density at radius 1 is 0.167 bits per heavy atom. The molecule has 0 saturated carbocycles. The quantitative estimate of drug-likeness (QED) is 0.0478. The van der Waals surface area contributed by atoms with Crippen molar-refractivity contribution in [2.45, 2.75) is 0 Å². The number of rotatable bonds is 19. The molecular formula is C115H80B5N8O10. The van der Waals surface area contributed by atoms with Crippen LogP contribution in [0.4, 0.5) is 0 Å². The summed E-state index contributed by atoms with van der Waals surface area (Å²) in [6.07, 6.45) is 0. The van der Waals surface area contributed by atoms with E-state index in [9.17, 15) is 0 Å². The Bertz CT molecular complexity index is 8640. The summed E-state index contributed by atoms with van der Waals surface area (Å²) in [7, 11) is 3.53. The van der Waals surface area contributed by atoms with Crippen LogP contribution >= 0.6 is 0 Å². The van der Waals surface area contributed by atoms with E-state index in [1.807, 2.05) is 235 Å². The normalized spacial score (nSPS) is 11.1. The van der Waals surface area contributed by atoms with Gasteiger partial charge in [0, 0.05) is 87.7 Å². The number of nitrogens with zero attached hydrogens (tertiary/aromatic N) is 8. The Labute approximate surface area is 796 Å². The minimum atomic E-state index is 0.529. The van der Waals surface area contributed by atoms with Crippen molar-refractivity contribution in [1.29, 1.82) is 0 Å². The molecular weight excluding hydrogens is 1710 g/mol. The van der Waals surface area contributed by atoms with Crippen molar-refractivity contribution in [3.8, 4) is 102 Å². The van der Waals surface area contributed by atoms with E-state index in [2.05, 4.69) is 243 Å². The third-order valence-corrected chi connectivity index (χ3v) is 24.5. The summed E-state index contributed by atoms with van der Waals surface area (Å²) in [6, 6.07) is 153. The Hall–Kier alpha value is -17.4. The van der Waals surface area contributed by atoms with E-state index in [1.165, 1.54) is 33.0 Å². The first-order valence-electron chi connectivity index (χ1n) is 44.8. The Balaban J connectivity index is 0.000000103. The monoisotopic (exact) mass is 1790 g/mol. The lowest BCUT2D eigenvalue weighted by molar-refractivity contribution is 0.453. The zero-order chi connectivity index (χ0) is 93.2. The summed E-state index contributed by atoms with van der Waals surface area (Å²) < 4.78 is 36.9. The van der Waals surface area contributed by atoms with E-state index in [-0.39, 0.29) is 0 Å². The number of benzene rings is 19. The number of fused-ring (bicyclic) bond motifs is 16. The van der Waals surface area contributed by atoms with Gasteiger partial charge in [0.2, 0.25) is 5.95 Å². The van der Waals surface area contributed by atoms with E-state index in [4.69, 9.17) is 63.3 Å². The number of para-hydroxylation sites is 6. The minimum Gasteiger partial charge on any atom is -0.537 e. The molecule has 6 aromatic heterocycles. The highest BCUT2D eigenvalue weighted by Gasteiger charge is 2.23. The minimum absolute atomic E-state index is 0.529. The van der Waals surface area contributed by atoms with Gasteiger partial charge in [-0.1, -0.05) is 285 Å². The zero-order valence-electron chi connectivity index (χ0n) is 74.0. The molecule has 0 aliphatic carbocycles. The fraction of sp³-hybridized carbons (Fsp3) is 0. The van der Waals surface area contributed by atoms with Crippen LogP contribution in [-0.4, -0.2) is 101 Å². The molecule has 138 heavy (non-hydrogen) atoms. The lowest BCUT2D eigenvalue weighted by Crippen LogP contribution is -2.06. The highest BCUT2D eigenvalue weighted by Crippen LogP contribution is 2.42. The molecule has 0 unspecified atom stereocenters. The van der Waals surface area contributed by atoms with Crippen LogP contribution in [-0.2, 0) is 0 Å². The molecule has 25 rings (SSSR count). The third-order valence-electron chi connectivity index (χ3n) is 24.5. The Kier molecular flexibility index (Phi) is 25.1. The molecule has 0 bridgehead atoms. The van der Waals surface area contributed by atoms with Crippen LogP contribution in [0.25, 0.3) is 194 Å². The predicted octanol–water partition coefficient (Wildman–Crippen LogP) is 24.5. The van der Waals surface area contributed by atoms with E-state index in [0.29, 0.717) is 84.8 Å². The van der Waals surface area contributed by atoms with Crippen LogP contribution in [0.15, 0.2) is 455 Å². The smallest absolute Gasteiger partial charge is 0.537 e. The zero-order valence-corrected chi connectivity index (χ0v) is 74.0. The number of hydrogen-bond donors (Lipinski definition) is 5. The van der Waals surface area contributed by atoms with Crippen LogP contribution in [0.1, 0.15) is 0 Å². The maximum Gasteiger partial charge on any atom is 0.569 e. The summed E-state index contributed by atoms with van der Waals surface area (Å²) in [6.45, 7) is 0. The maximum absolute atomic E-state index is 9.09. The molecule has 25 aromatic rings. The van der Waals surface area contributed by atoms with Crippen molar-refractivity contribution in [2.75, 3.05) is 0 Å². The van der Waals surface area contributed by atoms with Crippen molar-refractivity contribution >= 4 is 158 Å². The van der Waals surface area contributed by atoms with E-state index in [1.54, 1.807) is 0 Å². The molecule has 0 atom stereocenters. The Morgan fingerprint density at radius 2 is 0.420 bits per heavy atom. The molecule has 0 aliphatic heterocycles. The van der Waals surface area contributed by atoms with Crippen LogP contribution in [0.3, 0.4) is 0 Å². The largest absolute Gasteiger partial charge is 0.569 e. The summed E-state index contributed by atoms with van der Waals surface area (Å²) in [4.78, 5) is 14.6. The average molecular weight is 1790 g/mol. The van der Waals surface area contributed by atoms with Crippen molar-refractivity contribution in [3.63, 3.8) is 0 Å². The topological polar surface area (TPSA) is 211 Å². The second kappa shape index (κ2) is 39.8. The first-order valence-corrected chi connectivity index (χ1v) is 44.8. The summed E-state index contributed by atoms with van der Waals surface area (Å²) in [5.74, 6) is 4.72. The first-order chi connectivity index (χ1) is 68.2. The molecule has 0 fully saturated rings. The van der Waals surface area contributed by atoms with Crippen LogP contribution in [0.5, 0.6) is 28.7 Å². The highest BCUT2D eigenvalue weighted by atomic mass is 16.5. The molecule has 0 aliphatic rings. The Morgan fingerprint density at radius 3 is 0.790 bits per heavy atom. The molecule has 0 amide bonds. The second-order valence-corrected chi connectivity index (χ2v) is 32.5. The van der Waals surface area contributed by atoms with Gasteiger partial charge >= 0.3 is 38.4 Å². The fourth-order valence-corrected chi connectivity index (χ4v) is 18.4. The highest BCUT2D eigenvalue weighted by molar-refractivity contribution is 6.21. The summed E-state index contributed by atoms with van der Waals surface area (Å²) in [5.41, 5.74) is 21.9. The number of aromatic nitrogens is 8. The molecule has 5 N–H and O–H groups in total. The first kappa shape index (κ1) is 87.2. The molecule has 6 heterocycles. The average Bonchev–Trinajstić information content (AvgIpc) is 1.58. The van der Waals surface area contributed by atoms with E-state index in [0.717, 1.165) is 143 Å². The fourth-order valence-electron chi connectivity index (χ4n) is 18.4. The van der Waals surface area contributed by atoms with Crippen molar-refractivity contribution < 1.29 is 48.4 Å². The third kappa shape index (κ3) is 17.6. The van der Waals surface area contributed by atoms with Gasteiger partial charge in [-0.2, -0.15) is 9.97 Å². The SMILES string of the molecule is O[B]Oc1ccc2c(c1)c1ccccc1n2-c1ccc(-c2ccccc2)cc1.O[B]Oc1ccc2c(c1)c1ccccc1n2-c1ccc2ccccc2c1.O[B]Oc1ccc2c(c1)c1ccccc1n2-c1cccc(-c2ccccc2)c1.O[B]Oc1ccc2c(c1)c1ccccc1n2-c1ccccc1.O[B]Oc1ccc2c(c1)c1ccccc1n2-c1nc(-c2ccccc2)nc(-c2ccccc2)n1. The van der Waals surface area contributed by atoms with Gasteiger partial charge in [-0.3, -0.25) is 4.57 Å². The van der Waals surface area contributed by atoms with Crippen molar-refractivity contribution in [3.05, 3.63) is 455 Å². The van der Waals surface area contributed by atoms with E-state index < -0.39 is 0 Å². The van der Waals surface area contributed by atoms with E-state index >= 15 is 0 Å². The summed E-state index contributed by atoms with van der Waals surface area (Å²) >= 11 is 0. The van der Waals surface area contributed by atoms with Gasteiger partial charge in [0.1, 0.15) is 28.7 Å². The molecule has 18 nitrogen and oxygen atoms in total. The predicted molar refractivity (Wildman–Crippen MR) is 560 cm³/mol.